The van der Waals surface area contributed by atoms with Gasteiger partial charge in [-0.05, 0) is 51.3 Å². The van der Waals surface area contributed by atoms with Crippen molar-refractivity contribution < 1.29 is 38.1 Å². The Morgan fingerprint density at radius 2 is 1.59 bits per heavy atom. The van der Waals surface area contributed by atoms with Crippen LogP contribution in [0.4, 0.5) is 0 Å². The first-order valence-electron chi connectivity index (χ1n) is 11.7. The second-order valence-corrected chi connectivity index (χ2v) is 7.62. The van der Waals surface area contributed by atoms with Crippen LogP contribution in [0.1, 0.15) is 45.6 Å². The van der Waals surface area contributed by atoms with E-state index in [-0.39, 0.29) is 25.4 Å². The fraction of sp³-hybridized carbons (Fsp3) is 0.583. The summed E-state index contributed by atoms with van der Waals surface area (Å²) in [4.78, 5) is 48.5. The van der Waals surface area contributed by atoms with E-state index < -0.39 is 36.0 Å². The fourth-order valence-corrected chi connectivity index (χ4v) is 3.26. The zero-order valence-electron chi connectivity index (χ0n) is 20.0. The molecule has 0 spiro atoms. The lowest BCUT2D eigenvalue weighted by Crippen LogP contribution is -2.46. The van der Waals surface area contributed by atoms with Crippen molar-refractivity contribution in [3.63, 3.8) is 0 Å². The summed E-state index contributed by atoms with van der Waals surface area (Å²) < 4.78 is 20.6. The van der Waals surface area contributed by atoms with Crippen molar-refractivity contribution >= 4 is 23.8 Å². The Hall–Kier alpha value is -3.14. The van der Waals surface area contributed by atoms with Crippen LogP contribution >= 0.6 is 0 Å². The number of rotatable bonds is 15. The lowest BCUT2D eigenvalue weighted by atomic mass is 10.1. The number of nitrogens with one attached hydrogen (secondary N) is 2. The first-order valence-corrected chi connectivity index (χ1v) is 11.7. The zero-order valence-corrected chi connectivity index (χ0v) is 20.0. The number of unbranched alkanes of at least 4 members (excludes halogenated alkanes) is 1. The standard InChI is InChI=1S/C24H34N2O8/c1-4-31-17-12-10-16(11-13-17)15-18(24(30)33-6-3)26-23(29)21-20(34-21)22(28)25-14-8-7-9-19(27)32-5-2/h10-13,18,20-21H,4-9,14-15H2,1-3H3,(H,25,28)(H,26,29)/t18-,20-,21?/m0/s1. The number of carbonyl (C=O) groups excluding carboxylic acids is 4. The Morgan fingerprint density at radius 3 is 2.24 bits per heavy atom. The van der Waals surface area contributed by atoms with Crippen LogP contribution in [-0.2, 0) is 39.8 Å². The molecule has 2 rings (SSSR count). The van der Waals surface area contributed by atoms with Gasteiger partial charge in [-0.3, -0.25) is 14.4 Å². The maximum Gasteiger partial charge on any atom is 0.328 e. The quantitative estimate of drug-likeness (QED) is 0.219. The van der Waals surface area contributed by atoms with Crippen LogP contribution in [0.5, 0.6) is 5.75 Å². The molecule has 1 aliphatic heterocycles. The highest BCUT2D eigenvalue weighted by Crippen LogP contribution is 2.23. The SMILES string of the molecule is CCOC(=O)CCCCNC(=O)[C@H]1OC1C(=O)N[C@@H](Cc1ccc(OCC)cc1)C(=O)OCC. The summed E-state index contributed by atoms with van der Waals surface area (Å²) in [7, 11) is 0. The first kappa shape index (κ1) is 27.1. The summed E-state index contributed by atoms with van der Waals surface area (Å²) in [6.45, 7) is 6.74. The molecule has 2 N–H and O–H groups in total. The molecule has 1 heterocycles. The molecule has 2 amide bonds. The minimum absolute atomic E-state index is 0.176. The molecule has 0 radical (unpaired) electrons. The monoisotopic (exact) mass is 478 g/mol. The molecule has 1 saturated heterocycles. The van der Waals surface area contributed by atoms with Gasteiger partial charge in [-0.2, -0.15) is 0 Å². The van der Waals surface area contributed by atoms with Gasteiger partial charge in [-0.15, -0.1) is 0 Å². The summed E-state index contributed by atoms with van der Waals surface area (Å²) in [6, 6.07) is 6.30. The van der Waals surface area contributed by atoms with Gasteiger partial charge in [-0.25, -0.2) is 4.79 Å². The van der Waals surface area contributed by atoms with Gasteiger partial charge < -0.3 is 29.6 Å². The molecule has 10 heteroatoms. The van der Waals surface area contributed by atoms with Crippen LogP contribution in [0.2, 0.25) is 0 Å². The van der Waals surface area contributed by atoms with Gasteiger partial charge >= 0.3 is 11.9 Å². The molecule has 0 aliphatic carbocycles. The minimum atomic E-state index is -0.961. The Labute approximate surface area is 199 Å². The average Bonchev–Trinajstić information content (AvgIpc) is 3.61. The minimum Gasteiger partial charge on any atom is -0.494 e. The predicted octanol–water partition coefficient (Wildman–Crippen LogP) is 1.29. The van der Waals surface area contributed by atoms with Crippen molar-refractivity contribution in [1.29, 1.82) is 0 Å². The topological polar surface area (TPSA) is 133 Å². The maximum absolute atomic E-state index is 12.6. The van der Waals surface area contributed by atoms with Gasteiger partial charge in [0.1, 0.15) is 11.8 Å². The van der Waals surface area contributed by atoms with Crippen molar-refractivity contribution in [2.75, 3.05) is 26.4 Å². The van der Waals surface area contributed by atoms with E-state index in [9.17, 15) is 19.2 Å². The molecule has 0 saturated carbocycles. The van der Waals surface area contributed by atoms with Crippen molar-refractivity contribution in [1.82, 2.24) is 10.6 Å². The van der Waals surface area contributed by atoms with E-state index in [4.69, 9.17) is 18.9 Å². The molecule has 34 heavy (non-hydrogen) atoms. The fourth-order valence-electron chi connectivity index (χ4n) is 3.26. The number of amides is 2. The Balaban J connectivity index is 1.80. The van der Waals surface area contributed by atoms with Gasteiger partial charge in [0, 0.05) is 19.4 Å². The lowest BCUT2D eigenvalue weighted by molar-refractivity contribution is -0.147. The number of hydrogen-bond acceptors (Lipinski definition) is 8. The van der Waals surface area contributed by atoms with Gasteiger partial charge in [0.05, 0.1) is 19.8 Å². The normalized spacial score (nSPS) is 17.3. The molecule has 1 aliphatic rings. The van der Waals surface area contributed by atoms with Crippen molar-refractivity contribution in [2.24, 2.45) is 0 Å². The summed E-state index contributed by atoms with van der Waals surface area (Å²) in [6.07, 6.45) is -0.169. The highest BCUT2D eigenvalue weighted by atomic mass is 16.6. The highest BCUT2D eigenvalue weighted by molar-refractivity contribution is 5.96. The first-order chi connectivity index (χ1) is 16.4. The third-order valence-corrected chi connectivity index (χ3v) is 4.98. The molecule has 10 nitrogen and oxygen atoms in total. The number of benzene rings is 1. The summed E-state index contributed by atoms with van der Waals surface area (Å²) in [5.74, 6) is -1.07. The molecule has 0 aromatic heterocycles. The largest absolute Gasteiger partial charge is 0.494 e. The number of epoxide rings is 1. The van der Waals surface area contributed by atoms with Crippen LogP contribution in [0.25, 0.3) is 0 Å². The highest BCUT2D eigenvalue weighted by Gasteiger charge is 2.50. The smallest absolute Gasteiger partial charge is 0.328 e. The molecule has 1 unspecified atom stereocenters. The molecule has 188 valence electrons. The Morgan fingerprint density at radius 1 is 0.912 bits per heavy atom. The summed E-state index contributed by atoms with van der Waals surface area (Å²) >= 11 is 0. The van der Waals surface area contributed by atoms with E-state index in [2.05, 4.69) is 10.6 Å². The van der Waals surface area contributed by atoms with Gasteiger partial charge in [0.2, 0.25) is 0 Å². The molecule has 0 bridgehead atoms. The van der Waals surface area contributed by atoms with Crippen molar-refractivity contribution in [2.45, 2.75) is 64.7 Å². The number of hydrogen-bond donors (Lipinski definition) is 2. The van der Waals surface area contributed by atoms with Gasteiger partial charge in [0.15, 0.2) is 12.2 Å². The zero-order chi connectivity index (χ0) is 24.9. The molecule has 1 aromatic rings. The van der Waals surface area contributed by atoms with Crippen LogP contribution in [0.3, 0.4) is 0 Å². The molecule has 3 atom stereocenters. The second-order valence-electron chi connectivity index (χ2n) is 7.62. The van der Waals surface area contributed by atoms with Crippen LogP contribution in [-0.4, -0.2) is 68.4 Å². The van der Waals surface area contributed by atoms with E-state index in [0.29, 0.717) is 38.3 Å². The molecular weight excluding hydrogens is 444 g/mol. The van der Waals surface area contributed by atoms with Crippen LogP contribution in [0.15, 0.2) is 24.3 Å². The third kappa shape index (κ3) is 9.01. The van der Waals surface area contributed by atoms with Crippen LogP contribution in [0, 0.1) is 0 Å². The second kappa shape index (κ2) is 14.2. The number of esters is 2. The number of ether oxygens (including phenoxy) is 4. The van der Waals surface area contributed by atoms with E-state index >= 15 is 0 Å². The molecule has 1 fully saturated rings. The molecular formula is C24H34N2O8. The van der Waals surface area contributed by atoms with Gasteiger partial charge in [-0.1, -0.05) is 12.1 Å². The average molecular weight is 479 g/mol. The lowest BCUT2D eigenvalue weighted by Gasteiger charge is -2.17. The van der Waals surface area contributed by atoms with E-state index in [0.717, 1.165) is 5.56 Å². The van der Waals surface area contributed by atoms with E-state index in [1.807, 2.05) is 19.1 Å². The van der Waals surface area contributed by atoms with Crippen molar-refractivity contribution in [3.05, 3.63) is 29.8 Å². The summed E-state index contributed by atoms with van der Waals surface area (Å²) in [5, 5.41) is 5.32. The Bertz CT molecular complexity index is 827. The van der Waals surface area contributed by atoms with E-state index in [1.165, 1.54) is 0 Å². The number of carbonyl (C=O) groups is 4. The van der Waals surface area contributed by atoms with E-state index in [1.54, 1.807) is 26.0 Å². The van der Waals surface area contributed by atoms with Crippen LogP contribution < -0.4 is 15.4 Å². The predicted molar refractivity (Wildman–Crippen MR) is 122 cm³/mol. The Kier molecular flexibility index (Phi) is 11.3. The van der Waals surface area contributed by atoms with Gasteiger partial charge in [0.25, 0.3) is 11.8 Å². The maximum atomic E-state index is 12.6. The van der Waals surface area contributed by atoms with Crippen molar-refractivity contribution in [3.8, 4) is 5.75 Å². The summed E-state index contributed by atoms with van der Waals surface area (Å²) in [5.41, 5.74) is 0.815. The third-order valence-electron chi connectivity index (χ3n) is 4.98. The molecule has 1 aromatic carbocycles.